The van der Waals surface area contributed by atoms with Gasteiger partial charge < -0.3 is 5.32 Å². The Hall–Kier alpha value is -1.46. The molecule has 3 rings (SSSR count). The Balaban J connectivity index is 1.38. The molecule has 1 N–H and O–H groups in total. The highest BCUT2D eigenvalue weighted by molar-refractivity contribution is 5.78. The van der Waals surface area contributed by atoms with Crippen LogP contribution < -0.4 is 5.32 Å². The lowest BCUT2D eigenvalue weighted by Crippen LogP contribution is -2.50. The largest absolute Gasteiger partial charge is 0.352 e. The average molecular weight is 319 g/mol. The summed E-state index contributed by atoms with van der Waals surface area (Å²) in [6, 6.07) is 7.20. The fourth-order valence-corrected chi connectivity index (χ4v) is 3.55. The minimum absolute atomic E-state index is 0.162. The van der Waals surface area contributed by atoms with Gasteiger partial charge in [0.05, 0.1) is 6.54 Å². The molecule has 1 saturated carbocycles. The Morgan fingerprint density at radius 2 is 1.83 bits per heavy atom. The van der Waals surface area contributed by atoms with Crippen molar-refractivity contribution in [2.75, 3.05) is 32.7 Å². The van der Waals surface area contributed by atoms with Crippen LogP contribution in [0.1, 0.15) is 31.2 Å². The molecule has 126 valence electrons. The summed E-state index contributed by atoms with van der Waals surface area (Å²) in [5, 5.41) is 3.15. The van der Waals surface area contributed by atoms with Gasteiger partial charge in [0.2, 0.25) is 5.91 Å². The summed E-state index contributed by atoms with van der Waals surface area (Å²) in [7, 11) is 0. The van der Waals surface area contributed by atoms with Gasteiger partial charge in [0.15, 0.2) is 0 Å². The first-order chi connectivity index (χ1) is 11.2. The molecule has 1 aliphatic carbocycles. The van der Waals surface area contributed by atoms with Gasteiger partial charge in [-0.1, -0.05) is 25.0 Å². The number of benzene rings is 1. The lowest BCUT2D eigenvalue weighted by molar-refractivity contribution is -0.123. The number of amides is 1. The first-order valence-corrected chi connectivity index (χ1v) is 8.67. The fraction of sp³-hybridized carbons (Fsp3) is 0.611. The number of nitrogens with zero attached hydrogens (tertiary/aromatic N) is 2. The highest BCUT2D eigenvalue weighted by Gasteiger charge is 2.21. The van der Waals surface area contributed by atoms with E-state index in [9.17, 15) is 9.18 Å². The van der Waals surface area contributed by atoms with Crippen LogP contribution in [-0.2, 0) is 11.3 Å². The van der Waals surface area contributed by atoms with E-state index in [1.165, 1.54) is 18.9 Å². The van der Waals surface area contributed by atoms with Gasteiger partial charge in [-0.25, -0.2) is 4.39 Å². The van der Waals surface area contributed by atoms with Gasteiger partial charge in [0.25, 0.3) is 0 Å². The minimum Gasteiger partial charge on any atom is -0.352 e. The van der Waals surface area contributed by atoms with Gasteiger partial charge in [0.1, 0.15) is 5.82 Å². The molecule has 1 heterocycles. The van der Waals surface area contributed by atoms with Gasteiger partial charge in [0, 0.05) is 38.8 Å². The summed E-state index contributed by atoms with van der Waals surface area (Å²) in [6.07, 6.45) is 4.74. The molecule has 2 aliphatic rings. The third-order valence-corrected chi connectivity index (χ3v) is 4.85. The Labute approximate surface area is 137 Å². The van der Waals surface area contributed by atoms with Crippen LogP contribution in [0.5, 0.6) is 0 Å². The molecule has 1 aliphatic heterocycles. The lowest BCUT2D eigenvalue weighted by Gasteiger charge is -2.34. The predicted octanol–water partition coefficient (Wildman–Crippen LogP) is 2.00. The van der Waals surface area contributed by atoms with E-state index in [1.807, 2.05) is 6.07 Å². The maximum Gasteiger partial charge on any atom is 0.234 e. The number of halogens is 1. The van der Waals surface area contributed by atoms with Crippen molar-refractivity contribution in [1.82, 2.24) is 15.1 Å². The van der Waals surface area contributed by atoms with Gasteiger partial charge in [-0.2, -0.15) is 0 Å². The van der Waals surface area contributed by atoms with E-state index in [-0.39, 0.29) is 11.7 Å². The van der Waals surface area contributed by atoms with Crippen LogP contribution in [0.2, 0.25) is 0 Å². The summed E-state index contributed by atoms with van der Waals surface area (Å²) in [6.45, 7) is 4.92. The van der Waals surface area contributed by atoms with Crippen molar-refractivity contribution in [2.24, 2.45) is 0 Å². The number of carbonyl (C=O) groups excluding carboxylic acids is 1. The van der Waals surface area contributed by atoms with Crippen LogP contribution in [0.25, 0.3) is 0 Å². The van der Waals surface area contributed by atoms with Gasteiger partial charge >= 0.3 is 0 Å². The van der Waals surface area contributed by atoms with Crippen molar-refractivity contribution in [3.8, 4) is 0 Å². The molecular formula is C18H26FN3O. The normalized spacial score (nSPS) is 20.7. The zero-order valence-electron chi connectivity index (χ0n) is 13.6. The third kappa shape index (κ3) is 5.01. The molecule has 0 unspecified atom stereocenters. The Morgan fingerprint density at radius 3 is 2.52 bits per heavy atom. The number of piperazine rings is 1. The molecule has 2 fully saturated rings. The quantitative estimate of drug-likeness (QED) is 0.902. The SMILES string of the molecule is O=C(CN1CCN(Cc2cccc(F)c2)CC1)NC1CCCC1. The van der Waals surface area contributed by atoms with E-state index in [2.05, 4.69) is 15.1 Å². The number of hydrogen-bond donors (Lipinski definition) is 1. The van der Waals surface area contributed by atoms with Crippen LogP contribution in [-0.4, -0.2) is 54.5 Å². The summed E-state index contributed by atoms with van der Waals surface area (Å²) in [4.78, 5) is 16.6. The molecule has 5 heteroatoms. The van der Waals surface area contributed by atoms with Gasteiger partial charge in [-0.05, 0) is 30.5 Å². The van der Waals surface area contributed by atoms with E-state index >= 15 is 0 Å². The molecule has 0 aromatic heterocycles. The molecule has 23 heavy (non-hydrogen) atoms. The van der Waals surface area contributed by atoms with E-state index in [0.29, 0.717) is 12.6 Å². The van der Waals surface area contributed by atoms with E-state index in [1.54, 1.807) is 12.1 Å². The molecule has 1 amide bonds. The standard InChI is InChI=1S/C18H26FN3O/c19-16-5-3-4-15(12-16)13-21-8-10-22(11-9-21)14-18(23)20-17-6-1-2-7-17/h3-5,12,17H,1-2,6-11,13-14H2,(H,20,23). The highest BCUT2D eigenvalue weighted by atomic mass is 19.1. The molecule has 0 spiro atoms. The summed E-state index contributed by atoms with van der Waals surface area (Å²) in [5.41, 5.74) is 1.01. The number of carbonyl (C=O) groups is 1. The number of rotatable bonds is 5. The highest BCUT2D eigenvalue weighted by Crippen LogP contribution is 2.17. The average Bonchev–Trinajstić information content (AvgIpc) is 3.02. The first kappa shape index (κ1) is 16.4. The molecule has 0 radical (unpaired) electrons. The molecule has 4 nitrogen and oxygen atoms in total. The van der Waals surface area contributed by atoms with Crippen LogP contribution >= 0.6 is 0 Å². The first-order valence-electron chi connectivity index (χ1n) is 8.67. The van der Waals surface area contributed by atoms with Crippen molar-refractivity contribution in [2.45, 2.75) is 38.3 Å². The predicted molar refractivity (Wildman–Crippen MR) is 88.5 cm³/mol. The number of hydrogen-bond acceptors (Lipinski definition) is 3. The van der Waals surface area contributed by atoms with Crippen LogP contribution in [0.3, 0.4) is 0 Å². The zero-order valence-corrected chi connectivity index (χ0v) is 13.6. The zero-order chi connectivity index (χ0) is 16.1. The van der Waals surface area contributed by atoms with Crippen molar-refractivity contribution >= 4 is 5.91 Å². The Morgan fingerprint density at radius 1 is 1.13 bits per heavy atom. The summed E-state index contributed by atoms with van der Waals surface area (Å²) < 4.78 is 13.2. The van der Waals surface area contributed by atoms with Crippen LogP contribution in [0.15, 0.2) is 24.3 Å². The lowest BCUT2D eigenvalue weighted by atomic mass is 10.2. The topological polar surface area (TPSA) is 35.6 Å². The second-order valence-corrected chi connectivity index (χ2v) is 6.73. The second kappa shape index (κ2) is 7.88. The third-order valence-electron chi connectivity index (χ3n) is 4.85. The molecule has 1 aromatic rings. The molecule has 1 aromatic carbocycles. The Bertz CT molecular complexity index is 523. The van der Waals surface area contributed by atoms with Gasteiger partial charge in [-0.3, -0.25) is 14.6 Å². The van der Waals surface area contributed by atoms with Crippen LogP contribution in [0, 0.1) is 5.82 Å². The molecule has 0 atom stereocenters. The second-order valence-electron chi connectivity index (χ2n) is 6.73. The fourth-order valence-electron chi connectivity index (χ4n) is 3.55. The molecule has 1 saturated heterocycles. The van der Waals surface area contributed by atoms with Crippen molar-refractivity contribution < 1.29 is 9.18 Å². The van der Waals surface area contributed by atoms with Crippen molar-refractivity contribution in [3.63, 3.8) is 0 Å². The van der Waals surface area contributed by atoms with Crippen molar-refractivity contribution in [3.05, 3.63) is 35.6 Å². The number of nitrogens with one attached hydrogen (secondary N) is 1. The maximum atomic E-state index is 13.2. The molecular weight excluding hydrogens is 293 g/mol. The monoisotopic (exact) mass is 319 g/mol. The maximum absolute atomic E-state index is 13.2. The summed E-state index contributed by atoms with van der Waals surface area (Å²) >= 11 is 0. The minimum atomic E-state index is -0.176. The Kier molecular flexibility index (Phi) is 5.62. The van der Waals surface area contributed by atoms with Gasteiger partial charge in [-0.15, -0.1) is 0 Å². The summed E-state index contributed by atoms with van der Waals surface area (Å²) in [5.74, 6) is -0.0137. The van der Waals surface area contributed by atoms with E-state index in [0.717, 1.165) is 51.1 Å². The van der Waals surface area contributed by atoms with Crippen molar-refractivity contribution in [1.29, 1.82) is 0 Å². The molecule has 0 bridgehead atoms. The smallest absolute Gasteiger partial charge is 0.234 e. The van der Waals surface area contributed by atoms with E-state index in [4.69, 9.17) is 0 Å². The van der Waals surface area contributed by atoms with E-state index < -0.39 is 0 Å². The van der Waals surface area contributed by atoms with Crippen LogP contribution in [0.4, 0.5) is 4.39 Å².